The molecule has 0 aromatic heterocycles. The highest BCUT2D eigenvalue weighted by Crippen LogP contribution is 2.39. The second-order valence-corrected chi connectivity index (χ2v) is 12.0. The maximum Gasteiger partial charge on any atom is 0.366 e. The minimum atomic E-state index is -1.75. The van der Waals surface area contributed by atoms with E-state index in [2.05, 4.69) is 29.7 Å². The summed E-state index contributed by atoms with van der Waals surface area (Å²) in [7, 11) is 1.27. The van der Waals surface area contributed by atoms with Gasteiger partial charge in [-0.2, -0.15) is 11.8 Å². The Balaban J connectivity index is 1.70. The molecule has 3 rings (SSSR count). The van der Waals surface area contributed by atoms with Gasteiger partial charge in [-0.15, -0.1) is 0 Å². The molecule has 1 fully saturated rings. The van der Waals surface area contributed by atoms with Gasteiger partial charge in [-0.05, 0) is 40.5 Å². The van der Waals surface area contributed by atoms with Crippen LogP contribution in [0.4, 0.5) is 0 Å². The summed E-state index contributed by atoms with van der Waals surface area (Å²) < 4.78 is 17.4. The van der Waals surface area contributed by atoms with Crippen molar-refractivity contribution < 1.29 is 34.0 Å². The van der Waals surface area contributed by atoms with E-state index in [1.807, 2.05) is 49.4 Å². The van der Waals surface area contributed by atoms with Gasteiger partial charge >= 0.3 is 5.97 Å². The molecule has 10 heteroatoms. The number of amides is 1. The fourth-order valence-electron chi connectivity index (χ4n) is 5.33. The van der Waals surface area contributed by atoms with Gasteiger partial charge in [0, 0.05) is 26.4 Å². The van der Waals surface area contributed by atoms with E-state index in [-0.39, 0.29) is 31.4 Å². The van der Waals surface area contributed by atoms with Crippen LogP contribution in [0.25, 0.3) is 11.1 Å². The predicted octanol–water partition coefficient (Wildman–Crippen LogP) is 3.51. The number of rotatable bonds is 16. The topological polar surface area (TPSA) is 126 Å². The van der Waals surface area contributed by atoms with Gasteiger partial charge in [0.15, 0.2) is 0 Å². The first kappa shape index (κ1) is 34.0. The van der Waals surface area contributed by atoms with Crippen molar-refractivity contribution in [2.75, 3.05) is 31.8 Å². The van der Waals surface area contributed by atoms with E-state index in [0.717, 1.165) is 28.2 Å². The molecule has 2 aromatic carbocycles. The molecule has 1 saturated heterocycles. The van der Waals surface area contributed by atoms with Crippen LogP contribution in [0.2, 0.25) is 0 Å². The Labute approximate surface area is 253 Å². The molecule has 6 atom stereocenters. The Morgan fingerprint density at radius 1 is 1.10 bits per heavy atom. The zero-order valence-corrected chi connectivity index (χ0v) is 25.9. The molecule has 1 aliphatic heterocycles. The van der Waals surface area contributed by atoms with Crippen LogP contribution in [0.3, 0.4) is 0 Å². The monoisotopic (exact) mass is 602 g/mol. The van der Waals surface area contributed by atoms with Crippen LogP contribution in [0.5, 0.6) is 0 Å². The molecular formula is C32H46N2O7S. The van der Waals surface area contributed by atoms with Crippen molar-refractivity contribution in [3.05, 3.63) is 60.2 Å². The van der Waals surface area contributed by atoms with Crippen molar-refractivity contribution in [2.24, 2.45) is 5.92 Å². The SMILES string of the molecule is CCSCCCOC1(C(=O)OC)CC(CC)C(NC(C)=O)C(C(O)C(O)CNCc2ccc(-c3ccccc3)cc2)O1. The number of hydrogen-bond donors (Lipinski definition) is 4. The smallest absolute Gasteiger partial charge is 0.366 e. The molecule has 1 aliphatic rings. The van der Waals surface area contributed by atoms with Crippen molar-refractivity contribution >= 4 is 23.6 Å². The number of carbonyl (C=O) groups excluding carboxylic acids is 2. The van der Waals surface area contributed by atoms with Gasteiger partial charge in [-0.25, -0.2) is 4.79 Å². The lowest BCUT2D eigenvalue weighted by molar-refractivity contribution is -0.306. The van der Waals surface area contributed by atoms with Crippen molar-refractivity contribution in [1.82, 2.24) is 10.6 Å². The average Bonchev–Trinajstić information content (AvgIpc) is 3.01. The van der Waals surface area contributed by atoms with Gasteiger partial charge in [-0.1, -0.05) is 74.9 Å². The van der Waals surface area contributed by atoms with E-state index in [1.54, 1.807) is 11.8 Å². The molecule has 9 nitrogen and oxygen atoms in total. The molecule has 0 radical (unpaired) electrons. The zero-order valence-electron chi connectivity index (χ0n) is 25.1. The number of thioether (sulfide) groups is 1. The highest BCUT2D eigenvalue weighted by atomic mass is 32.2. The number of aliphatic hydroxyl groups excluding tert-OH is 2. The number of carbonyl (C=O) groups is 2. The second-order valence-electron chi connectivity index (χ2n) is 10.6. The van der Waals surface area contributed by atoms with E-state index >= 15 is 0 Å². The number of methoxy groups -OCH3 is 1. The molecular weight excluding hydrogens is 556 g/mol. The Kier molecular flexibility index (Phi) is 13.8. The van der Waals surface area contributed by atoms with E-state index < -0.39 is 36.1 Å². The maximum atomic E-state index is 13.1. The Bertz CT molecular complexity index is 1100. The molecule has 0 spiro atoms. The third-order valence-corrected chi connectivity index (χ3v) is 8.54. The van der Waals surface area contributed by atoms with Crippen molar-refractivity contribution in [3.8, 4) is 11.1 Å². The van der Waals surface area contributed by atoms with Crippen LogP contribution in [-0.4, -0.2) is 84.0 Å². The minimum Gasteiger partial charge on any atom is -0.465 e. The number of benzene rings is 2. The molecule has 232 valence electrons. The molecule has 0 bridgehead atoms. The summed E-state index contributed by atoms with van der Waals surface area (Å²) in [5.74, 6) is -1.17. The van der Waals surface area contributed by atoms with E-state index in [0.29, 0.717) is 19.4 Å². The molecule has 0 saturated carbocycles. The van der Waals surface area contributed by atoms with Gasteiger partial charge < -0.3 is 35.1 Å². The normalized spacial score (nSPS) is 23.6. The van der Waals surface area contributed by atoms with Crippen LogP contribution in [0.1, 0.15) is 45.6 Å². The van der Waals surface area contributed by atoms with Crippen LogP contribution >= 0.6 is 11.8 Å². The first-order valence-electron chi connectivity index (χ1n) is 14.7. The Hall–Kier alpha value is -2.47. The first-order chi connectivity index (χ1) is 20.2. The van der Waals surface area contributed by atoms with E-state index in [1.165, 1.54) is 14.0 Å². The third-order valence-electron chi connectivity index (χ3n) is 7.56. The highest BCUT2D eigenvalue weighted by Gasteiger charge is 2.55. The van der Waals surface area contributed by atoms with Crippen LogP contribution in [-0.2, 0) is 30.3 Å². The van der Waals surface area contributed by atoms with Gasteiger partial charge in [0.1, 0.15) is 12.2 Å². The van der Waals surface area contributed by atoms with Crippen LogP contribution in [0.15, 0.2) is 54.6 Å². The van der Waals surface area contributed by atoms with Crippen molar-refractivity contribution in [2.45, 2.75) is 76.7 Å². The molecule has 4 N–H and O–H groups in total. The van der Waals surface area contributed by atoms with Gasteiger partial charge in [0.05, 0.1) is 25.9 Å². The highest BCUT2D eigenvalue weighted by molar-refractivity contribution is 7.99. The molecule has 6 unspecified atom stereocenters. The summed E-state index contributed by atoms with van der Waals surface area (Å²) in [4.78, 5) is 25.2. The lowest BCUT2D eigenvalue weighted by atomic mass is 9.80. The summed E-state index contributed by atoms with van der Waals surface area (Å²) in [6.45, 7) is 6.21. The summed E-state index contributed by atoms with van der Waals surface area (Å²) in [6, 6.07) is 17.6. The molecule has 42 heavy (non-hydrogen) atoms. The molecule has 2 aromatic rings. The molecule has 0 aliphatic carbocycles. The quantitative estimate of drug-likeness (QED) is 0.169. The fourth-order valence-corrected chi connectivity index (χ4v) is 5.94. The second kappa shape index (κ2) is 17.0. The van der Waals surface area contributed by atoms with Crippen LogP contribution in [0, 0.1) is 5.92 Å². The number of esters is 1. The number of aliphatic hydroxyl groups is 2. The van der Waals surface area contributed by atoms with E-state index in [9.17, 15) is 19.8 Å². The first-order valence-corrected chi connectivity index (χ1v) is 15.9. The largest absolute Gasteiger partial charge is 0.465 e. The fraction of sp³-hybridized carbons (Fsp3) is 0.562. The Morgan fingerprint density at radius 2 is 1.79 bits per heavy atom. The maximum absolute atomic E-state index is 13.1. The van der Waals surface area contributed by atoms with Crippen molar-refractivity contribution in [1.29, 1.82) is 0 Å². The number of ether oxygens (including phenoxy) is 3. The van der Waals surface area contributed by atoms with Gasteiger partial charge in [0.2, 0.25) is 5.91 Å². The zero-order chi connectivity index (χ0) is 30.5. The lowest BCUT2D eigenvalue weighted by Crippen LogP contribution is -2.66. The number of hydrogen-bond acceptors (Lipinski definition) is 9. The average molecular weight is 603 g/mol. The Morgan fingerprint density at radius 3 is 2.40 bits per heavy atom. The lowest BCUT2D eigenvalue weighted by Gasteiger charge is -2.48. The molecule has 1 heterocycles. The minimum absolute atomic E-state index is 0.0609. The molecule has 1 amide bonds. The standard InChI is InChI=1S/C32H46N2O7S/c1-5-24-19-32(31(38)39-4,40-17-10-18-42-6-2)41-30(28(24)34-22(3)35)29(37)27(36)21-33-20-23-13-15-26(16-14-23)25-11-8-7-9-12-25/h7-9,11-16,24,27-30,33,36-37H,5-6,10,17-21H2,1-4H3,(H,34,35). The van der Waals surface area contributed by atoms with E-state index in [4.69, 9.17) is 14.2 Å². The summed E-state index contributed by atoms with van der Waals surface area (Å²) in [5, 5.41) is 28.4. The third kappa shape index (κ3) is 9.26. The predicted molar refractivity (Wildman–Crippen MR) is 165 cm³/mol. The van der Waals surface area contributed by atoms with Gasteiger partial charge in [0.25, 0.3) is 5.79 Å². The summed E-state index contributed by atoms with van der Waals surface area (Å²) in [6.07, 6.45) is -2.34. The number of nitrogens with one attached hydrogen (secondary N) is 2. The van der Waals surface area contributed by atoms with Crippen molar-refractivity contribution in [3.63, 3.8) is 0 Å². The van der Waals surface area contributed by atoms with Gasteiger partial charge in [-0.3, -0.25) is 4.79 Å². The summed E-state index contributed by atoms with van der Waals surface area (Å²) in [5.41, 5.74) is 3.26. The summed E-state index contributed by atoms with van der Waals surface area (Å²) >= 11 is 1.77. The van der Waals surface area contributed by atoms with Crippen LogP contribution < -0.4 is 10.6 Å².